The van der Waals surface area contributed by atoms with Gasteiger partial charge < -0.3 is 11.1 Å². The topological polar surface area (TPSA) is 66.7 Å². The molecule has 0 bridgehead atoms. The standard InChI is InChI=1S/C16H18N4/c1-10-5-3-4-6-13(10)11(2)19-16-8-15-12(7-14(16)17)9-18-20-15/h3-9,11,19H,17H2,1-2H3,(H,18,20). The third kappa shape index (κ3) is 2.20. The van der Waals surface area contributed by atoms with E-state index in [1.54, 1.807) is 6.20 Å². The van der Waals surface area contributed by atoms with Crippen molar-refractivity contribution in [1.82, 2.24) is 10.2 Å². The number of rotatable bonds is 3. The van der Waals surface area contributed by atoms with Crippen LogP contribution in [0.4, 0.5) is 11.4 Å². The van der Waals surface area contributed by atoms with Gasteiger partial charge in [0.2, 0.25) is 0 Å². The van der Waals surface area contributed by atoms with Gasteiger partial charge in [-0.1, -0.05) is 24.3 Å². The van der Waals surface area contributed by atoms with E-state index < -0.39 is 0 Å². The van der Waals surface area contributed by atoms with Gasteiger partial charge in [0.05, 0.1) is 23.1 Å². The molecule has 0 fully saturated rings. The number of nitrogen functional groups attached to an aromatic ring is 1. The maximum atomic E-state index is 6.11. The SMILES string of the molecule is Cc1ccccc1C(C)Nc1cc2[nH]ncc2cc1N. The number of H-pyrrole nitrogens is 1. The van der Waals surface area contributed by atoms with Gasteiger partial charge in [-0.25, -0.2) is 0 Å². The zero-order valence-electron chi connectivity index (χ0n) is 11.6. The summed E-state index contributed by atoms with van der Waals surface area (Å²) in [6, 6.07) is 12.5. The number of nitrogens with one attached hydrogen (secondary N) is 2. The highest BCUT2D eigenvalue weighted by Gasteiger charge is 2.10. The Balaban J connectivity index is 1.92. The molecule has 1 heterocycles. The lowest BCUT2D eigenvalue weighted by Crippen LogP contribution is -2.09. The first-order valence-corrected chi connectivity index (χ1v) is 6.70. The van der Waals surface area contributed by atoms with E-state index in [1.165, 1.54) is 11.1 Å². The molecule has 20 heavy (non-hydrogen) atoms. The Hall–Kier alpha value is -2.49. The van der Waals surface area contributed by atoms with Crippen LogP contribution in [0.1, 0.15) is 24.1 Å². The minimum Gasteiger partial charge on any atom is -0.397 e. The fourth-order valence-corrected chi connectivity index (χ4v) is 2.52. The minimum atomic E-state index is 0.193. The van der Waals surface area contributed by atoms with Crippen LogP contribution < -0.4 is 11.1 Å². The molecule has 0 amide bonds. The molecular weight excluding hydrogens is 248 g/mol. The van der Waals surface area contributed by atoms with E-state index in [9.17, 15) is 0 Å². The summed E-state index contributed by atoms with van der Waals surface area (Å²) in [6.07, 6.45) is 1.78. The molecule has 1 unspecified atom stereocenters. The second kappa shape index (κ2) is 4.89. The van der Waals surface area contributed by atoms with Gasteiger partial charge in [0.1, 0.15) is 0 Å². The van der Waals surface area contributed by atoms with Gasteiger partial charge in [-0.15, -0.1) is 0 Å². The highest BCUT2D eigenvalue weighted by Crippen LogP contribution is 2.29. The van der Waals surface area contributed by atoms with Gasteiger partial charge in [0.15, 0.2) is 0 Å². The van der Waals surface area contributed by atoms with Gasteiger partial charge in [-0.3, -0.25) is 5.10 Å². The van der Waals surface area contributed by atoms with Crippen molar-refractivity contribution < 1.29 is 0 Å². The van der Waals surface area contributed by atoms with Crippen molar-refractivity contribution in [2.45, 2.75) is 19.9 Å². The molecule has 0 aliphatic rings. The zero-order chi connectivity index (χ0) is 14.1. The number of nitrogens with two attached hydrogens (primary N) is 1. The molecule has 1 atom stereocenters. The third-order valence-electron chi connectivity index (χ3n) is 3.64. The van der Waals surface area contributed by atoms with Crippen LogP contribution in [0.25, 0.3) is 10.9 Å². The number of benzene rings is 2. The fraction of sp³-hybridized carbons (Fsp3) is 0.188. The molecule has 0 aliphatic heterocycles. The van der Waals surface area contributed by atoms with E-state index in [4.69, 9.17) is 5.73 Å². The van der Waals surface area contributed by atoms with Crippen LogP contribution in [0.3, 0.4) is 0 Å². The van der Waals surface area contributed by atoms with E-state index in [0.717, 1.165) is 22.3 Å². The smallest absolute Gasteiger partial charge is 0.0672 e. The number of aryl methyl sites for hydroxylation is 1. The lowest BCUT2D eigenvalue weighted by atomic mass is 10.0. The molecule has 3 aromatic rings. The van der Waals surface area contributed by atoms with E-state index in [0.29, 0.717) is 0 Å². The highest BCUT2D eigenvalue weighted by molar-refractivity contribution is 5.88. The van der Waals surface area contributed by atoms with Crippen molar-refractivity contribution in [2.24, 2.45) is 0 Å². The Morgan fingerprint density at radius 1 is 1.25 bits per heavy atom. The molecule has 0 radical (unpaired) electrons. The van der Waals surface area contributed by atoms with Gasteiger partial charge in [-0.05, 0) is 37.1 Å². The Bertz CT molecular complexity index is 745. The molecule has 4 nitrogen and oxygen atoms in total. The molecule has 0 spiro atoms. The van der Waals surface area contributed by atoms with Crippen molar-refractivity contribution in [1.29, 1.82) is 0 Å². The molecule has 3 rings (SSSR count). The van der Waals surface area contributed by atoms with Crippen LogP contribution in [0.5, 0.6) is 0 Å². The van der Waals surface area contributed by atoms with Gasteiger partial charge in [0.25, 0.3) is 0 Å². The molecule has 2 aromatic carbocycles. The van der Waals surface area contributed by atoms with Crippen molar-refractivity contribution in [3.63, 3.8) is 0 Å². The summed E-state index contributed by atoms with van der Waals surface area (Å²) in [7, 11) is 0. The van der Waals surface area contributed by atoms with E-state index >= 15 is 0 Å². The lowest BCUT2D eigenvalue weighted by molar-refractivity contribution is 0.875. The molecule has 4 N–H and O–H groups in total. The van der Waals surface area contributed by atoms with Crippen LogP contribution in [-0.2, 0) is 0 Å². The maximum absolute atomic E-state index is 6.11. The molecular formula is C16H18N4. The first kappa shape index (κ1) is 12.5. The molecule has 0 aliphatic carbocycles. The average Bonchev–Trinajstić information content (AvgIpc) is 2.86. The molecule has 102 valence electrons. The van der Waals surface area contributed by atoms with Crippen LogP contribution >= 0.6 is 0 Å². The summed E-state index contributed by atoms with van der Waals surface area (Å²) in [5.74, 6) is 0. The number of fused-ring (bicyclic) bond motifs is 1. The number of aromatic nitrogens is 2. The summed E-state index contributed by atoms with van der Waals surface area (Å²) in [5, 5.41) is 11.5. The largest absolute Gasteiger partial charge is 0.397 e. The Morgan fingerprint density at radius 3 is 2.85 bits per heavy atom. The maximum Gasteiger partial charge on any atom is 0.0672 e. The fourth-order valence-electron chi connectivity index (χ4n) is 2.52. The second-order valence-corrected chi connectivity index (χ2v) is 5.12. The monoisotopic (exact) mass is 266 g/mol. The summed E-state index contributed by atoms with van der Waals surface area (Å²) in [4.78, 5) is 0. The third-order valence-corrected chi connectivity index (χ3v) is 3.64. The normalized spacial score (nSPS) is 12.5. The minimum absolute atomic E-state index is 0.193. The summed E-state index contributed by atoms with van der Waals surface area (Å²) < 4.78 is 0. The zero-order valence-corrected chi connectivity index (χ0v) is 11.6. The molecule has 0 saturated carbocycles. The second-order valence-electron chi connectivity index (χ2n) is 5.12. The quantitative estimate of drug-likeness (QED) is 0.634. The van der Waals surface area contributed by atoms with Crippen LogP contribution in [0.2, 0.25) is 0 Å². The van der Waals surface area contributed by atoms with Crippen LogP contribution in [0, 0.1) is 6.92 Å². The first-order chi connectivity index (χ1) is 9.65. The van der Waals surface area contributed by atoms with Gasteiger partial charge >= 0.3 is 0 Å². The van der Waals surface area contributed by atoms with E-state index in [2.05, 4.69) is 53.6 Å². The predicted molar refractivity (Wildman–Crippen MR) is 83.7 cm³/mol. The molecule has 0 saturated heterocycles. The number of aromatic amines is 1. The Kier molecular flexibility index (Phi) is 3.06. The number of nitrogens with zero attached hydrogens (tertiary/aromatic N) is 1. The highest BCUT2D eigenvalue weighted by atomic mass is 15.1. The van der Waals surface area contributed by atoms with Crippen molar-refractivity contribution in [3.05, 3.63) is 53.7 Å². The summed E-state index contributed by atoms with van der Waals surface area (Å²) in [6.45, 7) is 4.26. The number of hydrogen-bond donors (Lipinski definition) is 3. The number of hydrogen-bond acceptors (Lipinski definition) is 3. The Labute approximate surface area is 118 Å². The predicted octanol–water partition coefficient (Wildman–Crippen LogP) is 3.63. The van der Waals surface area contributed by atoms with Crippen LogP contribution in [0.15, 0.2) is 42.6 Å². The summed E-state index contributed by atoms with van der Waals surface area (Å²) >= 11 is 0. The lowest BCUT2D eigenvalue weighted by Gasteiger charge is -2.19. The average molecular weight is 266 g/mol. The van der Waals surface area contributed by atoms with Crippen molar-refractivity contribution in [3.8, 4) is 0 Å². The number of anilines is 2. The van der Waals surface area contributed by atoms with E-state index in [-0.39, 0.29) is 6.04 Å². The Morgan fingerprint density at radius 2 is 2.05 bits per heavy atom. The van der Waals surface area contributed by atoms with Crippen LogP contribution in [-0.4, -0.2) is 10.2 Å². The van der Waals surface area contributed by atoms with Crippen molar-refractivity contribution >= 4 is 22.3 Å². The van der Waals surface area contributed by atoms with Crippen molar-refractivity contribution in [2.75, 3.05) is 11.1 Å². The first-order valence-electron chi connectivity index (χ1n) is 6.70. The van der Waals surface area contributed by atoms with E-state index in [1.807, 2.05) is 12.1 Å². The van der Waals surface area contributed by atoms with Gasteiger partial charge in [-0.2, -0.15) is 5.10 Å². The van der Waals surface area contributed by atoms with Gasteiger partial charge in [0, 0.05) is 11.4 Å². The summed E-state index contributed by atoms with van der Waals surface area (Å²) in [5.41, 5.74) is 11.3. The molecule has 4 heteroatoms. The molecule has 1 aromatic heterocycles.